The van der Waals surface area contributed by atoms with Gasteiger partial charge < -0.3 is 9.11 Å². The molecule has 8 nitrogen and oxygen atoms in total. The van der Waals surface area contributed by atoms with Gasteiger partial charge >= 0.3 is 37.7 Å². The van der Waals surface area contributed by atoms with Crippen LogP contribution in [0.1, 0.15) is 374 Å². The average Bonchev–Trinajstić information content (AvgIpc) is 3.39. The van der Waals surface area contributed by atoms with Crippen molar-refractivity contribution in [3.8, 4) is 0 Å². The van der Waals surface area contributed by atoms with Gasteiger partial charge in [-0.1, -0.05) is 360 Å². The van der Waals surface area contributed by atoms with Crippen LogP contribution in [-0.2, 0) is 29.2 Å². The molecule has 0 heterocycles. The van der Waals surface area contributed by atoms with Gasteiger partial charge in [0.1, 0.15) is 0 Å². The second-order valence-corrected chi connectivity index (χ2v) is 25.3. The summed E-state index contributed by atoms with van der Waals surface area (Å²) in [5.74, 6) is 0.0363. The van der Waals surface area contributed by atoms with Crippen LogP contribution >= 0.6 is 0 Å². The number of unbranched alkanes of at least 4 members (excludes halogenated alkanes) is 48. The van der Waals surface area contributed by atoms with Gasteiger partial charge in [-0.15, -0.1) is 0 Å². The van der Waals surface area contributed by atoms with E-state index in [0.717, 1.165) is 38.5 Å². The zero-order valence-electron chi connectivity index (χ0n) is 51.9. The van der Waals surface area contributed by atoms with Gasteiger partial charge in [0.05, 0.1) is 13.2 Å². The van der Waals surface area contributed by atoms with E-state index >= 15 is 0 Å². The maximum absolute atomic E-state index is 10.9. The third-order valence-electron chi connectivity index (χ3n) is 15.5. The van der Waals surface area contributed by atoms with Gasteiger partial charge in [-0.25, -0.2) is 16.8 Å². The fourth-order valence-corrected chi connectivity index (χ4v) is 11.1. The second kappa shape index (κ2) is 67.3. The normalized spacial score (nSPS) is 12.9. The Kier molecular flexibility index (Phi) is 71.4. The maximum Gasteiger partial charge on any atom is 2.00 e. The second-order valence-electron chi connectivity index (χ2n) is 23.2. The molecule has 0 aliphatic carbocycles. The molecule has 0 spiro atoms. The number of hydrogen-bond donors (Lipinski definition) is 0. The van der Waals surface area contributed by atoms with Crippen LogP contribution in [0.25, 0.3) is 0 Å². The average molecular weight is 1160 g/mol. The molecular formula is C66H130CaO8S2. The van der Waals surface area contributed by atoms with Gasteiger partial charge in [0, 0.05) is 11.8 Å². The van der Waals surface area contributed by atoms with E-state index in [9.17, 15) is 25.9 Å². The molecule has 0 fully saturated rings. The van der Waals surface area contributed by atoms with Gasteiger partial charge in [-0.05, 0) is 38.5 Å². The minimum Gasteiger partial charge on any atom is -0.726 e. The zero-order valence-corrected chi connectivity index (χ0v) is 55.7. The summed E-state index contributed by atoms with van der Waals surface area (Å²) in [5.41, 5.74) is 0. The quantitative estimate of drug-likeness (QED) is 0.0193. The molecule has 0 aromatic carbocycles. The standard InChI is InChI=1S/2C33H66O4S.Ca/c2*1-3-5-7-9-11-13-14-15-16-17-18-19-20-21-22-23-25-27-29-31-33(32-37-38(34,35)36)30-28-26-24-12-10-8-6-4-2;/h2*29,31,33H,3-28,30,32H2,1-2H3,(H,34,35,36);/q;;+2/p-2/b2*31-29+;. The van der Waals surface area contributed by atoms with Crippen LogP contribution in [0.15, 0.2) is 24.3 Å². The van der Waals surface area contributed by atoms with Gasteiger partial charge in [-0.2, -0.15) is 0 Å². The fraction of sp³-hybridized carbons (Fsp3) is 0.939. The first-order valence-corrected chi connectivity index (χ1v) is 36.2. The Hall–Kier alpha value is 0.480. The predicted molar refractivity (Wildman–Crippen MR) is 334 cm³/mol. The number of hydrogen-bond acceptors (Lipinski definition) is 8. The largest absolute Gasteiger partial charge is 2.00 e. The zero-order chi connectivity index (χ0) is 56.0. The molecule has 0 radical (unpaired) electrons. The molecule has 77 heavy (non-hydrogen) atoms. The molecule has 0 aliphatic heterocycles. The van der Waals surface area contributed by atoms with Crippen LogP contribution in [0, 0.1) is 11.8 Å². The number of allylic oxidation sites excluding steroid dienone is 2. The van der Waals surface area contributed by atoms with Gasteiger partial charge in [0.2, 0.25) is 20.8 Å². The Morgan fingerprint density at radius 3 is 0.636 bits per heavy atom. The van der Waals surface area contributed by atoms with E-state index in [1.54, 1.807) is 0 Å². The van der Waals surface area contributed by atoms with Crippen molar-refractivity contribution in [3.63, 3.8) is 0 Å². The summed E-state index contributed by atoms with van der Waals surface area (Å²) in [5, 5.41) is 0. The molecule has 0 amide bonds. The summed E-state index contributed by atoms with van der Waals surface area (Å²) >= 11 is 0. The summed E-state index contributed by atoms with van der Waals surface area (Å²) in [6.45, 7) is 9.00. The molecule has 456 valence electrons. The molecule has 0 rings (SSSR count). The van der Waals surface area contributed by atoms with E-state index in [1.165, 1.54) is 308 Å². The number of rotatable bonds is 62. The van der Waals surface area contributed by atoms with E-state index in [-0.39, 0.29) is 62.8 Å². The Balaban J connectivity index is -0.00000140. The molecule has 0 aliphatic rings. The molecule has 11 heteroatoms. The molecule has 0 saturated carbocycles. The summed E-state index contributed by atoms with van der Waals surface area (Å²) in [6.07, 6.45) is 79.2. The molecule has 0 aromatic heterocycles. The minimum atomic E-state index is -4.61. The first kappa shape index (κ1) is 81.7. The van der Waals surface area contributed by atoms with Crippen LogP contribution in [0.3, 0.4) is 0 Å². The van der Waals surface area contributed by atoms with Crippen molar-refractivity contribution < 1.29 is 34.3 Å². The SMILES string of the molecule is CCCCCCCCCCCCCCCCCCC/C=C/C(CCCCCCCCCC)COS(=O)(=O)[O-].CCCCCCCCCCCCCCCCCCC/C=C/C(CCCCCCCCCC)COS(=O)(=O)[O-].[Ca+2]. The monoisotopic (exact) mass is 1150 g/mol. The van der Waals surface area contributed by atoms with Crippen LogP contribution in [0.2, 0.25) is 0 Å². The molecule has 0 saturated heterocycles. The third-order valence-corrected chi connectivity index (χ3v) is 16.3. The summed E-state index contributed by atoms with van der Waals surface area (Å²) in [4.78, 5) is 0. The summed E-state index contributed by atoms with van der Waals surface area (Å²) < 4.78 is 74.5. The fourth-order valence-electron chi connectivity index (χ4n) is 10.4. The van der Waals surface area contributed by atoms with E-state index in [4.69, 9.17) is 0 Å². The van der Waals surface area contributed by atoms with Crippen molar-refractivity contribution in [1.29, 1.82) is 0 Å². The maximum atomic E-state index is 10.9. The molecule has 2 atom stereocenters. The molecule has 2 unspecified atom stereocenters. The third kappa shape index (κ3) is 76.5. The van der Waals surface area contributed by atoms with Crippen molar-refractivity contribution in [2.45, 2.75) is 374 Å². The topological polar surface area (TPSA) is 133 Å². The van der Waals surface area contributed by atoms with E-state index < -0.39 is 20.8 Å². The molecule has 0 aromatic rings. The molecule has 0 N–H and O–H groups in total. The molecular weight excluding hydrogens is 1020 g/mol. The van der Waals surface area contributed by atoms with Crippen molar-refractivity contribution in [1.82, 2.24) is 0 Å². The molecule has 0 bridgehead atoms. The van der Waals surface area contributed by atoms with E-state index in [0.29, 0.717) is 0 Å². The smallest absolute Gasteiger partial charge is 0.726 e. The summed E-state index contributed by atoms with van der Waals surface area (Å²) in [6, 6.07) is 0. The van der Waals surface area contributed by atoms with Crippen molar-refractivity contribution in [3.05, 3.63) is 24.3 Å². The van der Waals surface area contributed by atoms with Crippen molar-refractivity contribution >= 4 is 58.5 Å². The van der Waals surface area contributed by atoms with Crippen LogP contribution < -0.4 is 0 Å². The predicted octanol–water partition coefficient (Wildman–Crippen LogP) is 22.0. The van der Waals surface area contributed by atoms with Crippen LogP contribution in [0.4, 0.5) is 0 Å². The van der Waals surface area contributed by atoms with E-state index in [1.807, 2.05) is 0 Å². The Bertz CT molecular complexity index is 1290. The van der Waals surface area contributed by atoms with Gasteiger partial charge in [-0.3, -0.25) is 8.37 Å². The van der Waals surface area contributed by atoms with Crippen LogP contribution in [0.5, 0.6) is 0 Å². The Morgan fingerprint density at radius 1 is 0.286 bits per heavy atom. The van der Waals surface area contributed by atoms with Crippen molar-refractivity contribution in [2.75, 3.05) is 13.2 Å². The van der Waals surface area contributed by atoms with Gasteiger partial charge in [0.25, 0.3) is 0 Å². The van der Waals surface area contributed by atoms with Crippen LogP contribution in [-0.4, -0.2) is 76.9 Å². The Labute approximate surface area is 512 Å². The van der Waals surface area contributed by atoms with Gasteiger partial charge in [0.15, 0.2) is 0 Å². The summed E-state index contributed by atoms with van der Waals surface area (Å²) in [7, 11) is -9.23. The Morgan fingerprint density at radius 2 is 0.455 bits per heavy atom. The van der Waals surface area contributed by atoms with E-state index in [2.05, 4.69) is 60.4 Å². The first-order chi connectivity index (χ1) is 37.0. The minimum absolute atomic E-state index is 0. The van der Waals surface area contributed by atoms with Crippen molar-refractivity contribution in [2.24, 2.45) is 11.8 Å². The first-order valence-electron chi connectivity index (χ1n) is 33.5.